The standard InChI is InChI=1S/C17H13FN4/c1-22-15-8-9-19-10-14(15)13-6-7-16(21-17(13)22)20-12-4-2-11(18)3-5-12/h2-10H,1H3,(H,20,21). The molecule has 4 nitrogen and oxygen atoms in total. The second kappa shape index (κ2) is 4.80. The number of hydrogen-bond donors (Lipinski definition) is 1. The van der Waals surface area contributed by atoms with Crippen LogP contribution in [0.3, 0.4) is 0 Å². The first kappa shape index (κ1) is 12.8. The summed E-state index contributed by atoms with van der Waals surface area (Å²) in [5.74, 6) is 0.466. The lowest BCUT2D eigenvalue weighted by molar-refractivity contribution is 0.628. The van der Waals surface area contributed by atoms with E-state index in [1.807, 2.05) is 36.0 Å². The topological polar surface area (TPSA) is 42.7 Å². The third kappa shape index (κ3) is 1.98. The van der Waals surface area contributed by atoms with Gasteiger partial charge in [-0.15, -0.1) is 0 Å². The van der Waals surface area contributed by atoms with Gasteiger partial charge in [0.15, 0.2) is 0 Å². The Morgan fingerprint density at radius 3 is 2.64 bits per heavy atom. The highest BCUT2D eigenvalue weighted by molar-refractivity contribution is 6.06. The lowest BCUT2D eigenvalue weighted by atomic mass is 10.2. The molecule has 5 heteroatoms. The Morgan fingerprint density at radius 2 is 1.82 bits per heavy atom. The summed E-state index contributed by atoms with van der Waals surface area (Å²) < 4.78 is 15.0. The van der Waals surface area contributed by atoms with Gasteiger partial charge < -0.3 is 9.88 Å². The average Bonchev–Trinajstić information content (AvgIpc) is 2.83. The maximum absolute atomic E-state index is 13.0. The first-order valence-electron chi connectivity index (χ1n) is 6.94. The predicted octanol–water partition coefficient (Wildman–Crippen LogP) is 4.00. The summed E-state index contributed by atoms with van der Waals surface area (Å²) in [4.78, 5) is 8.84. The molecule has 0 spiro atoms. The fourth-order valence-corrected chi connectivity index (χ4v) is 2.67. The predicted molar refractivity (Wildman–Crippen MR) is 85.7 cm³/mol. The van der Waals surface area contributed by atoms with E-state index in [2.05, 4.69) is 15.3 Å². The van der Waals surface area contributed by atoms with Crippen molar-refractivity contribution in [3.05, 3.63) is 60.7 Å². The van der Waals surface area contributed by atoms with E-state index >= 15 is 0 Å². The fraction of sp³-hybridized carbons (Fsp3) is 0.0588. The molecule has 0 unspecified atom stereocenters. The molecule has 0 aliphatic rings. The Balaban J connectivity index is 1.82. The minimum Gasteiger partial charge on any atom is -0.340 e. The Bertz CT molecular complexity index is 973. The lowest BCUT2D eigenvalue weighted by Crippen LogP contribution is -1.96. The molecule has 3 aromatic heterocycles. The zero-order valence-corrected chi connectivity index (χ0v) is 11.9. The number of fused-ring (bicyclic) bond motifs is 3. The number of benzene rings is 1. The van der Waals surface area contributed by atoms with Crippen molar-refractivity contribution in [1.29, 1.82) is 0 Å². The van der Waals surface area contributed by atoms with Crippen LogP contribution in [0, 0.1) is 5.82 Å². The number of anilines is 2. The fourth-order valence-electron chi connectivity index (χ4n) is 2.67. The van der Waals surface area contributed by atoms with Crippen molar-refractivity contribution in [2.24, 2.45) is 7.05 Å². The molecule has 0 radical (unpaired) electrons. The van der Waals surface area contributed by atoms with Gasteiger partial charge >= 0.3 is 0 Å². The van der Waals surface area contributed by atoms with E-state index in [0.29, 0.717) is 0 Å². The van der Waals surface area contributed by atoms with Crippen LogP contribution in [-0.4, -0.2) is 14.5 Å². The van der Waals surface area contributed by atoms with Crippen LogP contribution in [0.5, 0.6) is 0 Å². The summed E-state index contributed by atoms with van der Waals surface area (Å²) in [6.07, 6.45) is 3.63. The molecule has 0 bridgehead atoms. The number of nitrogens with zero attached hydrogens (tertiary/aromatic N) is 3. The van der Waals surface area contributed by atoms with E-state index in [4.69, 9.17) is 0 Å². The monoisotopic (exact) mass is 292 g/mol. The third-order valence-electron chi connectivity index (χ3n) is 3.76. The quantitative estimate of drug-likeness (QED) is 0.607. The number of pyridine rings is 2. The number of nitrogens with one attached hydrogen (secondary N) is 1. The Morgan fingerprint density at radius 1 is 1.00 bits per heavy atom. The Labute approximate surface area is 126 Å². The van der Waals surface area contributed by atoms with Gasteiger partial charge in [-0.2, -0.15) is 0 Å². The molecular weight excluding hydrogens is 279 g/mol. The van der Waals surface area contributed by atoms with Crippen LogP contribution in [0.25, 0.3) is 21.9 Å². The molecule has 1 N–H and O–H groups in total. The highest BCUT2D eigenvalue weighted by Gasteiger charge is 2.10. The van der Waals surface area contributed by atoms with Crippen LogP contribution in [-0.2, 0) is 7.05 Å². The van der Waals surface area contributed by atoms with Crippen molar-refractivity contribution in [2.75, 3.05) is 5.32 Å². The van der Waals surface area contributed by atoms with Gasteiger partial charge in [0.05, 0.1) is 5.52 Å². The molecule has 1 aromatic carbocycles. The SMILES string of the molecule is Cn1c2ccncc2c2ccc(Nc3ccc(F)cc3)nc21. The van der Waals surface area contributed by atoms with Crippen LogP contribution >= 0.6 is 0 Å². The second-order valence-corrected chi connectivity index (χ2v) is 5.15. The molecular formula is C17H13FN4. The Kier molecular flexibility index (Phi) is 2.79. The summed E-state index contributed by atoms with van der Waals surface area (Å²) in [5, 5.41) is 5.34. The highest BCUT2D eigenvalue weighted by atomic mass is 19.1. The van der Waals surface area contributed by atoms with Crippen LogP contribution in [0.2, 0.25) is 0 Å². The van der Waals surface area contributed by atoms with E-state index in [1.54, 1.807) is 18.3 Å². The number of rotatable bonds is 2. The van der Waals surface area contributed by atoms with Crippen LogP contribution in [0.1, 0.15) is 0 Å². The smallest absolute Gasteiger partial charge is 0.143 e. The first-order valence-corrected chi connectivity index (χ1v) is 6.94. The molecule has 0 saturated heterocycles. The molecule has 0 amide bonds. The van der Waals surface area contributed by atoms with Crippen LogP contribution in [0.15, 0.2) is 54.9 Å². The van der Waals surface area contributed by atoms with Gasteiger partial charge in [0.1, 0.15) is 17.3 Å². The number of hydrogen-bond acceptors (Lipinski definition) is 3. The van der Waals surface area contributed by atoms with Crippen molar-refractivity contribution in [2.45, 2.75) is 0 Å². The van der Waals surface area contributed by atoms with E-state index in [-0.39, 0.29) is 5.82 Å². The van der Waals surface area contributed by atoms with Crippen molar-refractivity contribution in [3.63, 3.8) is 0 Å². The van der Waals surface area contributed by atoms with Gasteiger partial charge in [-0.1, -0.05) is 0 Å². The number of halogens is 1. The lowest BCUT2D eigenvalue weighted by Gasteiger charge is -2.06. The molecule has 0 atom stereocenters. The first-order chi connectivity index (χ1) is 10.7. The normalized spacial score (nSPS) is 11.2. The minimum absolute atomic E-state index is 0.254. The van der Waals surface area contributed by atoms with Crippen molar-refractivity contribution in [1.82, 2.24) is 14.5 Å². The van der Waals surface area contributed by atoms with Gasteiger partial charge in [0.25, 0.3) is 0 Å². The maximum atomic E-state index is 13.0. The zero-order chi connectivity index (χ0) is 15.1. The van der Waals surface area contributed by atoms with E-state index in [1.165, 1.54) is 12.1 Å². The molecule has 3 heterocycles. The highest BCUT2D eigenvalue weighted by Crippen LogP contribution is 2.27. The molecule has 4 aromatic rings. The Hall–Kier alpha value is -2.95. The zero-order valence-electron chi connectivity index (χ0n) is 11.9. The van der Waals surface area contributed by atoms with Gasteiger partial charge in [-0.05, 0) is 42.5 Å². The molecule has 4 rings (SSSR count). The summed E-state index contributed by atoms with van der Waals surface area (Å²) in [7, 11) is 1.99. The van der Waals surface area contributed by atoms with Crippen LogP contribution in [0.4, 0.5) is 15.9 Å². The van der Waals surface area contributed by atoms with Crippen molar-refractivity contribution in [3.8, 4) is 0 Å². The van der Waals surface area contributed by atoms with E-state index < -0.39 is 0 Å². The second-order valence-electron chi connectivity index (χ2n) is 5.15. The molecule has 0 aliphatic heterocycles. The molecule has 0 aliphatic carbocycles. The van der Waals surface area contributed by atoms with Crippen molar-refractivity contribution >= 4 is 33.4 Å². The molecule has 108 valence electrons. The van der Waals surface area contributed by atoms with Gasteiger partial charge in [-0.25, -0.2) is 9.37 Å². The third-order valence-corrected chi connectivity index (χ3v) is 3.76. The summed E-state index contributed by atoms with van der Waals surface area (Å²) in [6, 6.07) is 12.1. The van der Waals surface area contributed by atoms with Gasteiger partial charge in [-0.3, -0.25) is 4.98 Å². The number of aryl methyl sites for hydroxylation is 1. The molecule has 22 heavy (non-hydrogen) atoms. The summed E-state index contributed by atoms with van der Waals surface area (Å²) >= 11 is 0. The minimum atomic E-state index is -0.254. The van der Waals surface area contributed by atoms with Crippen molar-refractivity contribution < 1.29 is 4.39 Å². The largest absolute Gasteiger partial charge is 0.340 e. The van der Waals surface area contributed by atoms with E-state index in [9.17, 15) is 4.39 Å². The van der Waals surface area contributed by atoms with Gasteiger partial charge in [0.2, 0.25) is 0 Å². The molecule has 0 saturated carbocycles. The maximum Gasteiger partial charge on any atom is 0.143 e. The average molecular weight is 292 g/mol. The van der Waals surface area contributed by atoms with E-state index in [0.717, 1.165) is 33.4 Å². The summed E-state index contributed by atoms with van der Waals surface area (Å²) in [5.41, 5.74) is 2.78. The van der Waals surface area contributed by atoms with Gasteiger partial charge in [0, 0.05) is 35.9 Å². The molecule has 0 fully saturated rings. The summed E-state index contributed by atoms with van der Waals surface area (Å²) in [6.45, 7) is 0. The number of aromatic nitrogens is 3. The van der Waals surface area contributed by atoms with Crippen LogP contribution < -0.4 is 5.32 Å².